The molecule has 0 bridgehead atoms. The van der Waals surface area contributed by atoms with Crippen molar-refractivity contribution in [3.63, 3.8) is 0 Å². The summed E-state index contributed by atoms with van der Waals surface area (Å²) in [4.78, 5) is 2.48. The topological polar surface area (TPSA) is 24.5 Å². The van der Waals surface area contributed by atoms with Gasteiger partial charge in [-0.2, -0.15) is 0 Å². The van der Waals surface area contributed by atoms with E-state index in [1.54, 1.807) is 7.11 Å². The van der Waals surface area contributed by atoms with Gasteiger partial charge < -0.3 is 10.1 Å². The zero-order valence-corrected chi connectivity index (χ0v) is 12.0. The molecule has 4 heteroatoms. The smallest absolute Gasteiger partial charge is 0.120 e. The third-order valence-electron chi connectivity index (χ3n) is 3.11. The Kier molecular flexibility index (Phi) is 4.42. The largest absolute Gasteiger partial charge is 0.497 e. The highest BCUT2D eigenvalue weighted by molar-refractivity contribution is 9.10. The first kappa shape index (κ1) is 12.9. The zero-order chi connectivity index (χ0) is 12.3. The molecule has 0 aliphatic carbocycles. The molecular weight excluding hydrogens is 280 g/mol. The van der Waals surface area contributed by atoms with Crippen molar-refractivity contribution in [2.24, 2.45) is 0 Å². The highest BCUT2D eigenvalue weighted by Gasteiger charge is 2.16. The lowest BCUT2D eigenvalue weighted by atomic mass is 10.1. The molecule has 1 unspecified atom stereocenters. The molecule has 3 nitrogen and oxygen atoms in total. The van der Waals surface area contributed by atoms with Gasteiger partial charge in [0.05, 0.1) is 7.11 Å². The molecule has 1 fully saturated rings. The van der Waals surface area contributed by atoms with E-state index in [0.717, 1.165) is 36.4 Å². The third kappa shape index (κ3) is 3.44. The third-order valence-corrected chi connectivity index (χ3v) is 3.85. The number of piperazine rings is 1. The fraction of sp³-hybridized carbons (Fsp3) is 0.538. The lowest BCUT2D eigenvalue weighted by Crippen LogP contribution is -2.48. The first-order chi connectivity index (χ1) is 8.19. The molecule has 0 amide bonds. The Hall–Kier alpha value is -0.580. The van der Waals surface area contributed by atoms with Crippen molar-refractivity contribution < 1.29 is 4.74 Å². The van der Waals surface area contributed by atoms with Gasteiger partial charge in [-0.1, -0.05) is 22.0 Å². The molecule has 0 radical (unpaired) electrons. The summed E-state index contributed by atoms with van der Waals surface area (Å²) in [5.41, 5.74) is 1.32. The number of rotatable bonds is 3. The number of ether oxygens (including phenoxy) is 1. The van der Waals surface area contributed by atoms with Crippen molar-refractivity contribution >= 4 is 15.9 Å². The van der Waals surface area contributed by atoms with E-state index >= 15 is 0 Å². The maximum Gasteiger partial charge on any atom is 0.120 e. The van der Waals surface area contributed by atoms with E-state index in [0.29, 0.717) is 6.04 Å². The van der Waals surface area contributed by atoms with E-state index in [9.17, 15) is 0 Å². The Morgan fingerprint density at radius 3 is 3.00 bits per heavy atom. The maximum absolute atomic E-state index is 5.20. The number of halogens is 1. The molecule has 1 aromatic rings. The van der Waals surface area contributed by atoms with Crippen LogP contribution in [0.2, 0.25) is 0 Å². The zero-order valence-electron chi connectivity index (χ0n) is 10.4. The number of nitrogens with zero attached hydrogens (tertiary/aromatic N) is 1. The number of hydrogen-bond donors (Lipinski definition) is 1. The van der Waals surface area contributed by atoms with Gasteiger partial charge in [0, 0.05) is 36.7 Å². The van der Waals surface area contributed by atoms with Crippen LogP contribution in [0, 0.1) is 0 Å². The van der Waals surface area contributed by atoms with Crippen LogP contribution in [0.5, 0.6) is 5.75 Å². The second-order valence-corrected chi connectivity index (χ2v) is 5.40. The van der Waals surface area contributed by atoms with Gasteiger partial charge in [-0.05, 0) is 24.6 Å². The average molecular weight is 299 g/mol. The Morgan fingerprint density at radius 1 is 1.53 bits per heavy atom. The lowest BCUT2D eigenvalue weighted by Gasteiger charge is -2.32. The molecule has 1 heterocycles. The van der Waals surface area contributed by atoms with Crippen molar-refractivity contribution in [2.75, 3.05) is 26.7 Å². The molecule has 1 N–H and O–H groups in total. The predicted molar refractivity (Wildman–Crippen MR) is 73.4 cm³/mol. The summed E-state index contributed by atoms with van der Waals surface area (Å²) in [6, 6.07) is 6.77. The molecule has 1 saturated heterocycles. The molecule has 1 atom stereocenters. The monoisotopic (exact) mass is 298 g/mol. The summed E-state index contributed by atoms with van der Waals surface area (Å²) in [6.45, 7) is 6.53. The van der Waals surface area contributed by atoms with Crippen molar-refractivity contribution in [3.8, 4) is 5.75 Å². The lowest BCUT2D eigenvalue weighted by molar-refractivity contribution is 0.199. The van der Waals surface area contributed by atoms with E-state index in [1.807, 2.05) is 12.1 Å². The van der Waals surface area contributed by atoms with Gasteiger partial charge in [0.2, 0.25) is 0 Å². The van der Waals surface area contributed by atoms with Gasteiger partial charge in [-0.3, -0.25) is 4.90 Å². The molecule has 0 saturated carbocycles. The van der Waals surface area contributed by atoms with Crippen LogP contribution >= 0.6 is 15.9 Å². The van der Waals surface area contributed by atoms with Crippen LogP contribution in [0.15, 0.2) is 22.7 Å². The second kappa shape index (κ2) is 5.85. The molecule has 2 rings (SSSR count). The van der Waals surface area contributed by atoms with Crippen LogP contribution in [-0.2, 0) is 6.54 Å². The number of hydrogen-bond acceptors (Lipinski definition) is 3. The highest BCUT2D eigenvalue weighted by Crippen LogP contribution is 2.24. The normalized spacial score (nSPS) is 21.5. The van der Waals surface area contributed by atoms with Gasteiger partial charge in [0.15, 0.2) is 0 Å². The minimum atomic E-state index is 0.584. The summed E-state index contributed by atoms with van der Waals surface area (Å²) in [5.74, 6) is 0.898. The summed E-state index contributed by atoms with van der Waals surface area (Å²) in [7, 11) is 1.69. The van der Waals surface area contributed by atoms with Gasteiger partial charge in [-0.15, -0.1) is 0 Å². The quantitative estimate of drug-likeness (QED) is 0.926. The van der Waals surface area contributed by atoms with Crippen molar-refractivity contribution in [2.45, 2.75) is 19.5 Å². The fourth-order valence-corrected chi connectivity index (χ4v) is 2.66. The Balaban J connectivity index is 2.02. The maximum atomic E-state index is 5.20. The molecule has 0 spiro atoms. The van der Waals surface area contributed by atoms with Crippen molar-refractivity contribution in [3.05, 3.63) is 28.2 Å². The molecule has 94 valence electrons. The van der Waals surface area contributed by atoms with E-state index in [2.05, 4.69) is 39.1 Å². The van der Waals surface area contributed by atoms with Gasteiger partial charge in [0.25, 0.3) is 0 Å². The number of nitrogens with one attached hydrogen (secondary N) is 1. The standard InChI is InChI=1S/C13H19BrN2O/c1-10-8-16(6-5-15-10)9-11-3-4-12(17-2)7-13(11)14/h3-4,7,10,15H,5-6,8-9H2,1-2H3. The Labute approximate surface area is 111 Å². The Bertz CT molecular complexity index is 384. The van der Waals surface area contributed by atoms with Crippen molar-refractivity contribution in [1.29, 1.82) is 0 Å². The van der Waals surface area contributed by atoms with Crippen LogP contribution < -0.4 is 10.1 Å². The minimum absolute atomic E-state index is 0.584. The predicted octanol–water partition coefficient (Wildman–Crippen LogP) is 2.25. The van der Waals surface area contributed by atoms with Crippen LogP contribution in [0.1, 0.15) is 12.5 Å². The molecule has 0 aromatic heterocycles. The van der Waals surface area contributed by atoms with Gasteiger partial charge >= 0.3 is 0 Å². The van der Waals surface area contributed by atoms with Crippen LogP contribution in [0.25, 0.3) is 0 Å². The van der Waals surface area contributed by atoms with Gasteiger partial charge in [-0.25, -0.2) is 0 Å². The van der Waals surface area contributed by atoms with E-state index in [1.165, 1.54) is 5.56 Å². The summed E-state index contributed by atoms with van der Waals surface area (Å²) in [6.07, 6.45) is 0. The number of methoxy groups -OCH3 is 1. The molecule has 17 heavy (non-hydrogen) atoms. The van der Waals surface area contributed by atoms with Gasteiger partial charge in [0.1, 0.15) is 5.75 Å². The highest BCUT2D eigenvalue weighted by atomic mass is 79.9. The SMILES string of the molecule is COc1ccc(CN2CCNC(C)C2)c(Br)c1. The van der Waals surface area contributed by atoms with E-state index in [4.69, 9.17) is 4.74 Å². The summed E-state index contributed by atoms with van der Waals surface area (Å²) >= 11 is 3.61. The second-order valence-electron chi connectivity index (χ2n) is 4.55. The average Bonchev–Trinajstić information content (AvgIpc) is 2.32. The van der Waals surface area contributed by atoms with E-state index in [-0.39, 0.29) is 0 Å². The first-order valence-electron chi connectivity index (χ1n) is 5.97. The number of benzene rings is 1. The molecule has 1 aliphatic heterocycles. The van der Waals surface area contributed by atoms with Crippen LogP contribution in [0.4, 0.5) is 0 Å². The fourth-order valence-electron chi connectivity index (χ4n) is 2.18. The Morgan fingerprint density at radius 2 is 2.35 bits per heavy atom. The molecular formula is C13H19BrN2O. The minimum Gasteiger partial charge on any atom is -0.497 e. The van der Waals surface area contributed by atoms with Crippen molar-refractivity contribution in [1.82, 2.24) is 10.2 Å². The summed E-state index contributed by atoms with van der Waals surface area (Å²) in [5, 5.41) is 3.46. The van der Waals surface area contributed by atoms with Crippen LogP contribution in [0.3, 0.4) is 0 Å². The summed E-state index contributed by atoms with van der Waals surface area (Å²) < 4.78 is 6.33. The van der Waals surface area contributed by atoms with Crippen LogP contribution in [-0.4, -0.2) is 37.7 Å². The van der Waals surface area contributed by atoms with E-state index < -0.39 is 0 Å². The molecule has 1 aliphatic rings. The molecule has 1 aromatic carbocycles. The first-order valence-corrected chi connectivity index (χ1v) is 6.76.